The molecule has 0 rings (SSSR count). The molecule has 78 valence electrons. The summed E-state index contributed by atoms with van der Waals surface area (Å²) < 4.78 is 0. The highest BCUT2D eigenvalue weighted by Crippen LogP contribution is 2.27. The van der Waals surface area contributed by atoms with Crippen LogP contribution in [0.15, 0.2) is 11.3 Å². The number of rotatable bonds is 6. The molecule has 0 saturated heterocycles. The first-order valence-corrected chi connectivity index (χ1v) is 7.74. The van der Waals surface area contributed by atoms with Crippen molar-refractivity contribution in [1.29, 1.82) is 0 Å². The van der Waals surface area contributed by atoms with Crippen LogP contribution in [0.1, 0.15) is 20.8 Å². The number of hydrogen-bond acceptors (Lipinski definition) is 2. The van der Waals surface area contributed by atoms with Crippen LogP contribution in [0.5, 0.6) is 0 Å². The molecule has 0 unspecified atom stereocenters. The zero-order chi connectivity index (χ0) is 10.3. The summed E-state index contributed by atoms with van der Waals surface area (Å²) in [5.41, 5.74) is 0. The maximum atomic E-state index is 9.24. The van der Waals surface area contributed by atoms with Crippen LogP contribution < -0.4 is 0 Å². The molecule has 0 atom stereocenters. The first kappa shape index (κ1) is 12.9. The Kier molecular flexibility index (Phi) is 6.29. The monoisotopic (exact) mass is 202 g/mol. The fourth-order valence-corrected chi connectivity index (χ4v) is 5.71. The number of aliphatic hydroxyl groups excluding tert-OH is 2. The molecule has 0 saturated carbocycles. The Morgan fingerprint density at radius 2 is 1.54 bits per heavy atom. The van der Waals surface area contributed by atoms with Gasteiger partial charge in [0.25, 0.3) is 0 Å². The van der Waals surface area contributed by atoms with Crippen molar-refractivity contribution in [3.63, 3.8) is 0 Å². The lowest BCUT2D eigenvalue weighted by molar-refractivity contribution is 0.324. The normalized spacial score (nSPS) is 13.5. The molecule has 13 heavy (non-hydrogen) atoms. The Balaban J connectivity index is 4.76. The highest BCUT2D eigenvalue weighted by molar-refractivity contribution is 6.86. The molecule has 0 spiro atoms. The van der Waals surface area contributed by atoms with Gasteiger partial charge in [-0.2, -0.15) is 0 Å². The van der Waals surface area contributed by atoms with E-state index in [1.165, 1.54) is 0 Å². The smallest absolute Gasteiger partial charge is 0.0834 e. The summed E-state index contributed by atoms with van der Waals surface area (Å²) in [6.45, 7) is 6.77. The van der Waals surface area contributed by atoms with Crippen LogP contribution >= 0.6 is 0 Å². The Bertz CT molecular complexity index is 154. The van der Waals surface area contributed by atoms with Crippen LogP contribution in [0.2, 0.25) is 18.1 Å². The van der Waals surface area contributed by atoms with E-state index in [9.17, 15) is 5.11 Å². The van der Waals surface area contributed by atoms with Crippen molar-refractivity contribution in [3.05, 3.63) is 11.3 Å². The molecule has 0 aromatic carbocycles. The molecule has 0 aliphatic heterocycles. The third-order valence-electron chi connectivity index (χ3n) is 3.22. The van der Waals surface area contributed by atoms with Gasteiger partial charge in [0.2, 0.25) is 0 Å². The van der Waals surface area contributed by atoms with Crippen molar-refractivity contribution in [1.82, 2.24) is 0 Å². The quantitative estimate of drug-likeness (QED) is 0.646. The van der Waals surface area contributed by atoms with E-state index in [2.05, 4.69) is 20.8 Å². The van der Waals surface area contributed by atoms with Crippen molar-refractivity contribution < 1.29 is 10.2 Å². The Hall–Kier alpha value is -0.123. The Morgan fingerprint density at radius 1 is 1.08 bits per heavy atom. The van der Waals surface area contributed by atoms with Crippen LogP contribution in [0.25, 0.3) is 0 Å². The van der Waals surface area contributed by atoms with Crippen LogP contribution in [0.3, 0.4) is 0 Å². The number of aliphatic hydroxyl groups is 2. The summed E-state index contributed by atoms with van der Waals surface area (Å²) in [4.78, 5) is 0. The van der Waals surface area contributed by atoms with E-state index in [-0.39, 0.29) is 13.2 Å². The van der Waals surface area contributed by atoms with Gasteiger partial charge in [-0.15, -0.1) is 0 Å². The SMILES string of the molecule is CC[Si](CC)(CC)/C(=C/CO)CO. The highest BCUT2D eigenvalue weighted by atomic mass is 28.3. The fraction of sp³-hybridized carbons (Fsp3) is 0.800. The van der Waals surface area contributed by atoms with E-state index >= 15 is 0 Å². The second-order valence-corrected chi connectivity index (χ2v) is 8.74. The van der Waals surface area contributed by atoms with E-state index in [1.54, 1.807) is 0 Å². The lowest BCUT2D eigenvalue weighted by Gasteiger charge is -2.30. The van der Waals surface area contributed by atoms with Gasteiger partial charge in [0.15, 0.2) is 0 Å². The molecular weight excluding hydrogens is 180 g/mol. The summed E-state index contributed by atoms with van der Waals surface area (Å²) in [6.07, 6.45) is 1.81. The molecular formula is C10H22O2Si. The molecule has 0 aromatic rings. The van der Waals surface area contributed by atoms with Gasteiger partial charge in [-0.25, -0.2) is 0 Å². The summed E-state index contributed by atoms with van der Waals surface area (Å²) in [5.74, 6) is 0. The van der Waals surface area contributed by atoms with E-state index in [1.807, 2.05) is 6.08 Å². The van der Waals surface area contributed by atoms with Gasteiger partial charge >= 0.3 is 0 Å². The van der Waals surface area contributed by atoms with Gasteiger partial charge in [0, 0.05) is 0 Å². The average molecular weight is 202 g/mol. The van der Waals surface area contributed by atoms with Crippen molar-refractivity contribution in [2.24, 2.45) is 0 Å². The van der Waals surface area contributed by atoms with Crippen molar-refractivity contribution >= 4 is 8.07 Å². The van der Waals surface area contributed by atoms with Crippen molar-refractivity contribution in [3.8, 4) is 0 Å². The predicted molar refractivity (Wildman–Crippen MR) is 59.5 cm³/mol. The van der Waals surface area contributed by atoms with E-state index < -0.39 is 8.07 Å². The topological polar surface area (TPSA) is 40.5 Å². The molecule has 0 heterocycles. The standard InChI is InChI=1S/C10H22O2Si/c1-4-13(5-2,6-3)10(9-12)7-8-11/h7,11-12H,4-6,8-9H2,1-3H3/b10-7+. The maximum Gasteiger partial charge on any atom is 0.0834 e. The molecule has 3 heteroatoms. The maximum absolute atomic E-state index is 9.24. The van der Waals surface area contributed by atoms with E-state index in [0.717, 1.165) is 23.3 Å². The lowest BCUT2D eigenvalue weighted by Crippen LogP contribution is -2.36. The number of hydrogen-bond donors (Lipinski definition) is 2. The summed E-state index contributed by atoms with van der Waals surface area (Å²) in [6, 6.07) is 3.48. The highest BCUT2D eigenvalue weighted by Gasteiger charge is 2.30. The zero-order valence-corrected chi connectivity index (χ0v) is 10.0. The average Bonchev–Trinajstić information content (AvgIpc) is 2.19. The molecule has 0 fully saturated rings. The summed E-state index contributed by atoms with van der Waals surface area (Å²) in [7, 11) is -1.42. The first-order chi connectivity index (χ1) is 6.20. The van der Waals surface area contributed by atoms with Gasteiger partial charge in [0.05, 0.1) is 21.3 Å². The largest absolute Gasteiger partial charge is 0.392 e. The first-order valence-electron chi connectivity index (χ1n) is 5.11. The van der Waals surface area contributed by atoms with Gasteiger partial charge in [-0.05, 0) is 0 Å². The predicted octanol–water partition coefficient (Wildman–Crippen LogP) is 1.95. The second-order valence-electron chi connectivity index (χ2n) is 3.41. The summed E-state index contributed by atoms with van der Waals surface area (Å²) >= 11 is 0. The summed E-state index contributed by atoms with van der Waals surface area (Å²) in [5, 5.41) is 19.2. The van der Waals surface area contributed by atoms with E-state index in [4.69, 9.17) is 5.11 Å². The van der Waals surface area contributed by atoms with Gasteiger partial charge in [-0.1, -0.05) is 50.2 Å². The molecule has 0 aliphatic rings. The molecule has 0 aliphatic carbocycles. The van der Waals surface area contributed by atoms with Gasteiger partial charge in [0.1, 0.15) is 0 Å². The molecule has 0 amide bonds. The second kappa shape index (κ2) is 6.35. The fourth-order valence-electron chi connectivity index (χ4n) is 1.99. The molecule has 0 radical (unpaired) electrons. The third kappa shape index (κ3) is 2.93. The van der Waals surface area contributed by atoms with E-state index in [0.29, 0.717) is 0 Å². The van der Waals surface area contributed by atoms with Gasteiger partial charge < -0.3 is 10.2 Å². The minimum Gasteiger partial charge on any atom is -0.392 e. The van der Waals surface area contributed by atoms with Crippen LogP contribution in [0.4, 0.5) is 0 Å². The molecule has 2 N–H and O–H groups in total. The van der Waals surface area contributed by atoms with Crippen LogP contribution in [-0.4, -0.2) is 31.5 Å². The van der Waals surface area contributed by atoms with Crippen LogP contribution in [-0.2, 0) is 0 Å². The minimum absolute atomic E-state index is 0.0602. The van der Waals surface area contributed by atoms with Crippen molar-refractivity contribution in [2.45, 2.75) is 38.9 Å². The minimum atomic E-state index is -1.42. The van der Waals surface area contributed by atoms with Gasteiger partial charge in [-0.3, -0.25) is 0 Å². The molecule has 0 bridgehead atoms. The zero-order valence-electron chi connectivity index (χ0n) is 9.01. The Morgan fingerprint density at radius 3 is 1.77 bits per heavy atom. The molecule has 0 aromatic heterocycles. The molecule has 2 nitrogen and oxygen atoms in total. The lowest BCUT2D eigenvalue weighted by atomic mass is 10.5. The van der Waals surface area contributed by atoms with Crippen molar-refractivity contribution in [2.75, 3.05) is 13.2 Å². The van der Waals surface area contributed by atoms with Crippen LogP contribution in [0, 0.1) is 0 Å². The Labute approximate surface area is 82.3 Å². The third-order valence-corrected chi connectivity index (χ3v) is 9.00.